The standard InChI is InChI=1S/C16H13ClN4O4S/c1-25-10-3-5-11-13(7-10)20-16(19-11)26-8-15(22)18-12-4-2-9(17)6-14(12)21(23)24/h2-7H,8H2,1H3,(H,18,22)(H,19,20). The van der Waals surface area contributed by atoms with Gasteiger partial charge in [-0.1, -0.05) is 23.4 Å². The van der Waals surface area contributed by atoms with E-state index in [2.05, 4.69) is 15.3 Å². The number of anilines is 1. The molecule has 0 fully saturated rings. The fourth-order valence-corrected chi connectivity index (χ4v) is 3.09. The molecule has 0 saturated heterocycles. The molecular formula is C16H13ClN4O4S. The number of methoxy groups -OCH3 is 1. The third kappa shape index (κ3) is 4.06. The summed E-state index contributed by atoms with van der Waals surface area (Å²) in [6, 6.07) is 9.48. The highest BCUT2D eigenvalue weighted by molar-refractivity contribution is 7.99. The number of hydrogen-bond donors (Lipinski definition) is 2. The van der Waals surface area contributed by atoms with Crippen LogP contribution < -0.4 is 10.1 Å². The number of rotatable bonds is 6. The molecule has 0 aliphatic carbocycles. The zero-order valence-corrected chi connectivity index (χ0v) is 15.1. The van der Waals surface area contributed by atoms with E-state index >= 15 is 0 Å². The summed E-state index contributed by atoms with van der Waals surface area (Å²) < 4.78 is 5.15. The van der Waals surface area contributed by atoms with Gasteiger partial charge < -0.3 is 15.0 Å². The van der Waals surface area contributed by atoms with Crippen molar-refractivity contribution < 1.29 is 14.5 Å². The number of carbonyl (C=O) groups excluding carboxylic acids is 1. The minimum atomic E-state index is -0.596. The summed E-state index contributed by atoms with van der Waals surface area (Å²) in [7, 11) is 1.58. The van der Waals surface area contributed by atoms with Gasteiger partial charge in [0.05, 0.1) is 28.8 Å². The van der Waals surface area contributed by atoms with Crippen molar-refractivity contribution in [2.45, 2.75) is 5.16 Å². The number of aromatic amines is 1. The second kappa shape index (κ2) is 7.63. The Morgan fingerprint density at radius 2 is 2.19 bits per heavy atom. The first kappa shape index (κ1) is 18.0. The van der Waals surface area contributed by atoms with Crippen molar-refractivity contribution >= 4 is 51.7 Å². The zero-order chi connectivity index (χ0) is 18.7. The Balaban J connectivity index is 1.67. The van der Waals surface area contributed by atoms with Crippen molar-refractivity contribution in [1.29, 1.82) is 0 Å². The lowest BCUT2D eigenvalue weighted by molar-refractivity contribution is -0.383. The van der Waals surface area contributed by atoms with Gasteiger partial charge >= 0.3 is 0 Å². The van der Waals surface area contributed by atoms with Gasteiger partial charge in [-0.15, -0.1) is 0 Å². The topological polar surface area (TPSA) is 110 Å². The molecule has 0 aliphatic heterocycles. The first-order chi connectivity index (χ1) is 12.5. The molecule has 3 rings (SSSR count). The first-order valence-corrected chi connectivity index (χ1v) is 8.73. The summed E-state index contributed by atoms with van der Waals surface area (Å²) in [4.78, 5) is 30.0. The maximum absolute atomic E-state index is 12.1. The van der Waals surface area contributed by atoms with E-state index in [1.165, 1.54) is 30.0 Å². The monoisotopic (exact) mass is 392 g/mol. The Hall–Kier alpha value is -2.78. The van der Waals surface area contributed by atoms with Gasteiger partial charge in [-0.2, -0.15) is 0 Å². The minimum absolute atomic E-state index is 0.0384. The Bertz CT molecular complexity index is 992. The van der Waals surface area contributed by atoms with Crippen LogP contribution in [0.1, 0.15) is 0 Å². The first-order valence-electron chi connectivity index (χ1n) is 7.36. The number of nitro benzene ring substituents is 1. The van der Waals surface area contributed by atoms with Crippen LogP contribution in [-0.2, 0) is 4.79 Å². The van der Waals surface area contributed by atoms with Crippen LogP contribution in [0.5, 0.6) is 5.75 Å². The van der Waals surface area contributed by atoms with Crippen LogP contribution in [0, 0.1) is 10.1 Å². The Morgan fingerprint density at radius 3 is 2.92 bits per heavy atom. The number of aromatic nitrogens is 2. The van der Waals surface area contributed by atoms with Gasteiger partial charge in [0.1, 0.15) is 11.4 Å². The highest BCUT2D eigenvalue weighted by Gasteiger charge is 2.17. The van der Waals surface area contributed by atoms with E-state index in [1.54, 1.807) is 13.2 Å². The number of amides is 1. The molecule has 134 valence electrons. The van der Waals surface area contributed by atoms with Crippen LogP contribution in [0.15, 0.2) is 41.6 Å². The van der Waals surface area contributed by atoms with Gasteiger partial charge in [0, 0.05) is 17.2 Å². The summed E-state index contributed by atoms with van der Waals surface area (Å²) >= 11 is 6.95. The van der Waals surface area contributed by atoms with Crippen LogP contribution in [0.25, 0.3) is 11.0 Å². The van der Waals surface area contributed by atoms with E-state index in [4.69, 9.17) is 16.3 Å². The number of benzene rings is 2. The van der Waals surface area contributed by atoms with E-state index in [0.717, 1.165) is 11.0 Å². The summed E-state index contributed by atoms with van der Waals surface area (Å²) in [5.74, 6) is 0.348. The summed E-state index contributed by atoms with van der Waals surface area (Å²) in [6.07, 6.45) is 0. The maximum Gasteiger partial charge on any atom is 0.294 e. The largest absolute Gasteiger partial charge is 0.497 e. The van der Waals surface area contributed by atoms with Gasteiger partial charge in [0.15, 0.2) is 5.16 Å². The van der Waals surface area contributed by atoms with Gasteiger partial charge in [-0.05, 0) is 24.3 Å². The second-order valence-corrected chi connectivity index (χ2v) is 6.58. The lowest BCUT2D eigenvalue weighted by Gasteiger charge is -2.05. The van der Waals surface area contributed by atoms with Crippen LogP contribution in [-0.4, -0.2) is 33.7 Å². The molecule has 8 nitrogen and oxygen atoms in total. The average molecular weight is 393 g/mol. The molecule has 0 radical (unpaired) electrons. The molecule has 1 aromatic heterocycles. The van der Waals surface area contributed by atoms with Crippen molar-refractivity contribution in [3.63, 3.8) is 0 Å². The number of hydrogen-bond acceptors (Lipinski definition) is 6. The number of imidazole rings is 1. The molecule has 10 heteroatoms. The van der Waals surface area contributed by atoms with E-state index in [0.29, 0.717) is 10.9 Å². The molecule has 26 heavy (non-hydrogen) atoms. The third-order valence-electron chi connectivity index (χ3n) is 3.44. The zero-order valence-electron chi connectivity index (χ0n) is 13.5. The molecule has 0 atom stereocenters. The molecule has 3 aromatic rings. The molecule has 1 amide bonds. The van der Waals surface area contributed by atoms with Gasteiger partial charge in [0.25, 0.3) is 5.69 Å². The number of nitro groups is 1. The van der Waals surface area contributed by atoms with Crippen LogP contribution in [0.2, 0.25) is 5.02 Å². The SMILES string of the molecule is COc1ccc2nc(SCC(=O)Nc3ccc(Cl)cc3[N+](=O)[O-])[nH]c2c1. The fourth-order valence-electron chi connectivity index (χ4n) is 2.24. The number of nitrogens with zero attached hydrogens (tertiary/aromatic N) is 2. The van der Waals surface area contributed by atoms with Crippen molar-refractivity contribution in [3.05, 3.63) is 51.5 Å². The molecule has 2 N–H and O–H groups in total. The predicted molar refractivity (Wildman–Crippen MR) is 100 cm³/mol. The molecule has 1 heterocycles. The summed E-state index contributed by atoms with van der Waals surface area (Å²) in [5, 5.41) is 14.4. The van der Waals surface area contributed by atoms with E-state index in [1.807, 2.05) is 12.1 Å². The van der Waals surface area contributed by atoms with E-state index in [-0.39, 0.29) is 22.2 Å². The smallest absolute Gasteiger partial charge is 0.294 e. The highest BCUT2D eigenvalue weighted by Crippen LogP contribution is 2.28. The van der Waals surface area contributed by atoms with Crippen molar-refractivity contribution in [2.24, 2.45) is 0 Å². The maximum atomic E-state index is 12.1. The number of carbonyl (C=O) groups is 1. The third-order valence-corrected chi connectivity index (χ3v) is 4.55. The average Bonchev–Trinajstić information content (AvgIpc) is 3.03. The molecule has 0 bridgehead atoms. The van der Waals surface area contributed by atoms with Crippen molar-refractivity contribution in [2.75, 3.05) is 18.2 Å². The van der Waals surface area contributed by atoms with Gasteiger partial charge in [-0.25, -0.2) is 4.98 Å². The number of thioether (sulfide) groups is 1. The number of nitrogens with one attached hydrogen (secondary N) is 2. The fraction of sp³-hybridized carbons (Fsp3) is 0.125. The number of ether oxygens (including phenoxy) is 1. The van der Waals surface area contributed by atoms with Crippen molar-refractivity contribution in [1.82, 2.24) is 9.97 Å². The molecule has 0 saturated carbocycles. The van der Waals surface area contributed by atoms with Gasteiger partial charge in [0.2, 0.25) is 5.91 Å². The van der Waals surface area contributed by atoms with E-state index in [9.17, 15) is 14.9 Å². The number of fused-ring (bicyclic) bond motifs is 1. The Morgan fingerprint density at radius 1 is 1.38 bits per heavy atom. The van der Waals surface area contributed by atoms with Gasteiger partial charge in [-0.3, -0.25) is 14.9 Å². The molecular weight excluding hydrogens is 380 g/mol. The molecule has 0 spiro atoms. The van der Waals surface area contributed by atoms with Crippen LogP contribution in [0.4, 0.5) is 11.4 Å². The number of halogens is 1. The van der Waals surface area contributed by atoms with Crippen LogP contribution in [0.3, 0.4) is 0 Å². The molecule has 2 aromatic carbocycles. The Kier molecular flexibility index (Phi) is 5.29. The number of H-pyrrole nitrogens is 1. The second-order valence-electron chi connectivity index (χ2n) is 5.18. The lowest BCUT2D eigenvalue weighted by Crippen LogP contribution is -2.15. The minimum Gasteiger partial charge on any atom is -0.497 e. The highest BCUT2D eigenvalue weighted by atomic mass is 35.5. The van der Waals surface area contributed by atoms with Crippen molar-refractivity contribution in [3.8, 4) is 5.75 Å². The molecule has 0 aliphatic rings. The predicted octanol–water partition coefficient (Wildman–Crippen LogP) is 3.86. The normalized spacial score (nSPS) is 10.7. The lowest BCUT2D eigenvalue weighted by atomic mass is 10.2. The summed E-state index contributed by atoms with van der Waals surface area (Å²) in [5.41, 5.74) is 1.38. The molecule has 0 unspecified atom stereocenters. The summed E-state index contributed by atoms with van der Waals surface area (Å²) in [6.45, 7) is 0. The Labute approximate surface area is 157 Å². The quantitative estimate of drug-likeness (QED) is 0.374. The van der Waals surface area contributed by atoms with Crippen LogP contribution >= 0.6 is 23.4 Å². The van der Waals surface area contributed by atoms with E-state index < -0.39 is 10.8 Å².